The number of rotatable bonds is 9. The summed E-state index contributed by atoms with van der Waals surface area (Å²) in [6, 6.07) is 9.86. The van der Waals surface area contributed by atoms with Crippen LogP contribution < -0.4 is 5.73 Å². The fourth-order valence-electron chi connectivity index (χ4n) is 4.75. The summed E-state index contributed by atoms with van der Waals surface area (Å²) < 4.78 is 7.13. The minimum atomic E-state index is -1.33. The summed E-state index contributed by atoms with van der Waals surface area (Å²) in [4.78, 5) is 29.4. The number of aliphatic hydroxyl groups is 3. The van der Waals surface area contributed by atoms with Crippen molar-refractivity contribution in [2.45, 2.75) is 55.8 Å². The number of nitrogens with zero attached hydrogens (tertiary/aromatic N) is 5. The molecule has 194 valence electrons. The van der Waals surface area contributed by atoms with Crippen LogP contribution in [-0.2, 0) is 21.5 Å². The maximum absolute atomic E-state index is 11.1. The molecule has 0 amide bonds. The Labute approximate surface area is 211 Å². The number of carboxylic acids is 1. The van der Waals surface area contributed by atoms with Crippen LogP contribution >= 0.6 is 0 Å². The zero-order chi connectivity index (χ0) is 26.2. The Morgan fingerprint density at radius 1 is 1.14 bits per heavy atom. The van der Waals surface area contributed by atoms with Crippen molar-refractivity contribution >= 4 is 29.2 Å². The number of aliphatic carboxylic acids is 1. The number of hydrogen-bond donors (Lipinski definition) is 5. The summed E-state index contributed by atoms with van der Waals surface area (Å²) in [5.41, 5.74) is 7.70. The number of nitrogen functional groups attached to an aromatic ring is 1. The van der Waals surface area contributed by atoms with E-state index in [-0.39, 0.29) is 23.4 Å². The first-order valence-corrected chi connectivity index (χ1v) is 12.0. The molecule has 5 atom stereocenters. The number of aromatic nitrogens is 4. The number of anilines is 1. The van der Waals surface area contributed by atoms with Crippen LogP contribution in [0, 0.1) is 0 Å². The molecule has 4 heterocycles. The Bertz CT molecular complexity index is 1360. The molecule has 0 saturated carbocycles. The Balaban J connectivity index is 1.56. The van der Waals surface area contributed by atoms with Crippen LogP contribution in [0.5, 0.6) is 0 Å². The van der Waals surface area contributed by atoms with Crippen molar-refractivity contribution < 1.29 is 30.0 Å². The number of aliphatic hydroxyl groups excluding tert-OH is 3. The third kappa shape index (κ3) is 4.71. The predicted octanol–water partition coefficient (Wildman–Crippen LogP) is 0.724. The molecular weight excluding hydrogens is 480 g/mol. The standard InChI is InChI=1S/C25H28N6O6/c26-21-18-22(31(13-27-18)23-20(36)19(35)16(12-32)37-23)30-24(29-21)25(9-8-14-4-2-1-3-5-14)10-15(11-28-25)6-7-17(33)34/h1-5,10-11,13,16,19-20,23,32,35-36H,6-9,12H2,(H,33,34)(H2,26,29,30)/t16-,19?,20?,23-,25?/m1/s1. The first-order chi connectivity index (χ1) is 17.8. The highest BCUT2D eigenvalue weighted by molar-refractivity contribution is 5.85. The lowest BCUT2D eigenvalue weighted by molar-refractivity contribution is -0.136. The number of aryl methyl sites for hydroxylation is 1. The van der Waals surface area contributed by atoms with E-state index in [1.54, 1.807) is 6.21 Å². The maximum Gasteiger partial charge on any atom is 0.303 e. The van der Waals surface area contributed by atoms with Gasteiger partial charge in [-0.05, 0) is 36.5 Å². The number of benzene rings is 1. The van der Waals surface area contributed by atoms with Crippen molar-refractivity contribution in [3.63, 3.8) is 0 Å². The molecule has 1 aromatic carbocycles. The van der Waals surface area contributed by atoms with Gasteiger partial charge in [-0.15, -0.1) is 0 Å². The van der Waals surface area contributed by atoms with E-state index >= 15 is 0 Å². The number of imidazole rings is 1. The van der Waals surface area contributed by atoms with Crippen molar-refractivity contribution in [2.24, 2.45) is 4.99 Å². The molecule has 2 aromatic heterocycles. The minimum absolute atomic E-state index is 0.0350. The number of carboxylic acid groups (broad SMARTS) is 1. The van der Waals surface area contributed by atoms with E-state index in [2.05, 4.69) is 9.97 Å². The number of nitrogens with two attached hydrogens (primary N) is 1. The minimum Gasteiger partial charge on any atom is -0.481 e. The number of fused-ring (bicyclic) bond motifs is 1. The topological polar surface area (TPSA) is 189 Å². The number of ether oxygens (including phenoxy) is 1. The molecule has 0 radical (unpaired) electrons. The van der Waals surface area contributed by atoms with Crippen molar-refractivity contribution in [3.05, 3.63) is 59.7 Å². The molecule has 0 spiro atoms. The molecule has 0 aliphatic carbocycles. The number of carbonyl (C=O) groups is 1. The van der Waals surface area contributed by atoms with E-state index in [1.165, 1.54) is 10.9 Å². The smallest absolute Gasteiger partial charge is 0.303 e. The Kier molecular flexibility index (Phi) is 6.73. The van der Waals surface area contributed by atoms with Crippen LogP contribution in [0.25, 0.3) is 11.2 Å². The van der Waals surface area contributed by atoms with Crippen LogP contribution in [0.3, 0.4) is 0 Å². The Morgan fingerprint density at radius 2 is 1.92 bits per heavy atom. The highest BCUT2D eigenvalue weighted by atomic mass is 16.6. The van der Waals surface area contributed by atoms with Gasteiger partial charge in [0.1, 0.15) is 29.4 Å². The van der Waals surface area contributed by atoms with Gasteiger partial charge in [0.15, 0.2) is 23.5 Å². The third-order valence-electron chi connectivity index (χ3n) is 6.78. The molecule has 1 saturated heterocycles. The van der Waals surface area contributed by atoms with Crippen molar-refractivity contribution in [3.8, 4) is 0 Å². The van der Waals surface area contributed by atoms with Crippen LogP contribution in [0.1, 0.15) is 36.9 Å². The van der Waals surface area contributed by atoms with Gasteiger partial charge in [0.2, 0.25) is 0 Å². The molecule has 37 heavy (non-hydrogen) atoms. The van der Waals surface area contributed by atoms with E-state index in [4.69, 9.17) is 25.6 Å². The second kappa shape index (κ2) is 9.98. The number of allylic oxidation sites excluding steroid dienone is 1. The number of hydrogen-bond acceptors (Lipinski definition) is 10. The van der Waals surface area contributed by atoms with E-state index in [0.717, 1.165) is 11.1 Å². The summed E-state index contributed by atoms with van der Waals surface area (Å²) >= 11 is 0. The van der Waals surface area contributed by atoms with Gasteiger partial charge < -0.3 is 30.9 Å². The summed E-state index contributed by atoms with van der Waals surface area (Å²) in [7, 11) is 0. The van der Waals surface area contributed by atoms with Gasteiger partial charge in [0.25, 0.3) is 0 Å². The molecule has 2 aliphatic heterocycles. The lowest BCUT2D eigenvalue weighted by atomic mass is 9.90. The predicted molar refractivity (Wildman–Crippen MR) is 133 cm³/mol. The van der Waals surface area contributed by atoms with Gasteiger partial charge >= 0.3 is 5.97 Å². The van der Waals surface area contributed by atoms with E-state index < -0.39 is 42.7 Å². The summed E-state index contributed by atoms with van der Waals surface area (Å²) in [6.07, 6.45) is 1.72. The zero-order valence-electron chi connectivity index (χ0n) is 19.9. The van der Waals surface area contributed by atoms with E-state index in [9.17, 15) is 20.1 Å². The fourth-order valence-corrected chi connectivity index (χ4v) is 4.75. The van der Waals surface area contributed by atoms with Gasteiger partial charge in [-0.1, -0.05) is 30.3 Å². The molecular formula is C25H28N6O6. The van der Waals surface area contributed by atoms with Crippen LogP contribution in [0.4, 0.5) is 5.82 Å². The first kappa shape index (κ1) is 25.0. The molecule has 0 bridgehead atoms. The average molecular weight is 509 g/mol. The Morgan fingerprint density at radius 3 is 2.62 bits per heavy atom. The third-order valence-corrected chi connectivity index (χ3v) is 6.78. The van der Waals surface area contributed by atoms with Crippen molar-refractivity contribution in [1.82, 2.24) is 19.5 Å². The molecule has 5 rings (SSSR count). The molecule has 2 aliphatic rings. The van der Waals surface area contributed by atoms with Crippen LogP contribution in [-0.4, -0.2) is 77.0 Å². The van der Waals surface area contributed by atoms with Crippen LogP contribution in [0.15, 0.2) is 53.3 Å². The molecule has 3 aromatic rings. The maximum atomic E-state index is 11.1. The highest BCUT2D eigenvalue weighted by Gasteiger charge is 2.44. The van der Waals surface area contributed by atoms with E-state index in [1.807, 2.05) is 36.4 Å². The highest BCUT2D eigenvalue weighted by Crippen LogP contribution is 2.38. The average Bonchev–Trinajstić information content (AvgIpc) is 3.59. The van der Waals surface area contributed by atoms with Crippen molar-refractivity contribution in [2.75, 3.05) is 12.3 Å². The van der Waals surface area contributed by atoms with Gasteiger partial charge in [-0.3, -0.25) is 14.4 Å². The summed E-state index contributed by atoms with van der Waals surface area (Å²) in [6.45, 7) is -0.467. The molecule has 12 nitrogen and oxygen atoms in total. The molecule has 3 unspecified atom stereocenters. The van der Waals surface area contributed by atoms with Gasteiger partial charge in [-0.2, -0.15) is 0 Å². The quantitative estimate of drug-likeness (QED) is 0.275. The largest absolute Gasteiger partial charge is 0.481 e. The monoisotopic (exact) mass is 508 g/mol. The lowest BCUT2D eigenvalue weighted by Crippen LogP contribution is -2.33. The van der Waals surface area contributed by atoms with E-state index in [0.29, 0.717) is 25.1 Å². The zero-order valence-corrected chi connectivity index (χ0v) is 19.9. The van der Waals surface area contributed by atoms with Crippen LogP contribution in [0.2, 0.25) is 0 Å². The molecule has 6 N–H and O–H groups in total. The number of aliphatic imine (C=N–C) groups is 1. The second-order valence-corrected chi connectivity index (χ2v) is 9.27. The first-order valence-electron chi connectivity index (χ1n) is 12.0. The fraction of sp³-hybridized carbons (Fsp3) is 0.400. The van der Waals surface area contributed by atoms with Gasteiger partial charge in [0, 0.05) is 12.6 Å². The molecule has 12 heteroatoms. The van der Waals surface area contributed by atoms with Gasteiger partial charge in [-0.25, -0.2) is 15.0 Å². The lowest BCUT2D eigenvalue weighted by Gasteiger charge is -2.24. The second-order valence-electron chi connectivity index (χ2n) is 9.27. The Hall–Kier alpha value is -3.71. The summed E-state index contributed by atoms with van der Waals surface area (Å²) in [5.74, 6) is -0.504. The van der Waals surface area contributed by atoms with Crippen molar-refractivity contribution in [1.29, 1.82) is 0 Å². The van der Waals surface area contributed by atoms with Gasteiger partial charge in [0.05, 0.1) is 12.9 Å². The summed E-state index contributed by atoms with van der Waals surface area (Å²) in [5, 5.41) is 39.4. The molecule has 1 fully saturated rings. The SMILES string of the molecule is Nc1nc(C2(CCc3ccccc3)C=C(CCC(=O)O)C=N2)nc2c1ncn2[C@@H]1O[C@H](CO)C(O)C1O. The normalized spacial score (nSPS) is 27.2.